The summed E-state index contributed by atoms with van der Waals surface area (Å²) < 4.78 is 38.9. The van der Waals surface area contributed by atoms with Crippen molar-refractivity contribution < 1.29 is 13.2 Å². The molecule has 0 radical (unpaired) electrons. The molecule has 1 heterocycles. The molecular weight excluding hydrogens is 333 g/mol. The van der Waals surface area contributed by atoms with Gasteiger partial charge in [0.2, 0.25) is 6.30 Å². The molecule has 1 aliphatic rings. The number of nitrogens with zero attached hydrogens (tertiary/aromatic N) is 2. The van der Waals surface area contributed by atoms with Crippen LogP contribution < -0.4 is 0 Å². The van der Waals surface area contributed by atoms with E-state index in [9.17, 15) is 18.4 Å². The Labute approximate surface area is 124 Å². The highest BCUT2D eigenvalue weighted by molar-refractivity contribution is 9.10. The fourth-order valence-corrected chi connectivity index (χ4v) is 2.96. The lowest BCUT2D eigenvalue weighted by atomic mass is 9.74. The average molecular weight is 347 g/mol. The van der Waals surface area contributed by atoms with Crippen LogP contribution in [0.2, 0.25) is 0 Å². The molecule has 6 heteroatoms. The van der Waals surface area contributed by atoms with Gasteiger partial charge in [-0.2, -0.15) is 5.26 Å². The first-order chi connectivity index (χ1) is 9.48. The molecule has 0 N–H and O–H groups in total. The second kappa shape index (κ2) is 6.15. The molecule has 0 aromatic heterocycles. The number of halogens is 4. The van der Waals surface area contributed by atoms with Crippen molar-refractivity contribution in [1.82, 2.24) is 4.90 Å². The quantitative estimate of drug-likeness (QED) is 0.777. The monoisotopic (exact) mass is 346 g/mol. The molecule has 1 aliphatic heterocycles. The van der Waals surface area contributed by atoms with E-state index in [1.165, 1.54) is 0 Å². The Morgan fingerprint density at radius 3 is 2.40 bits per heavy atom. The molecule has 20 heavy (non-hydrogen) atoms. The topological polar surface area (TPSA) is 27.0 Å². The molecule has 1 aromatic rings. The lowest BCUT2D eigenvalue weighted by Gasteiger charge is -2.38. The van der Waals surface area contributed by atoms with Gasteiger partial charge in [-0.05, 0) is 30.5 Å². The van der Waals surface area contributed by atoms with Gasteiger partial charge in [0.25, 0.3) is 6.43 Å². The lowest BCUT2D eigenvalue weighted by molar-refractivity contribution is -0.0606. The predicted molar refractivity (Wildman–Crippen MR) is 73.1 cm³/mol. The predicted octanol–water partition coefficient (Wildman–Crippen LogP) is 3.87. The molecule has 0 spiro atoms. The van der Waals surface area contributed by atoms with Crippen molar-refractivity contribution in [3.05, 3.63) is 34.3 Å². The molecule has 0 amide bonds. The average Bonchev–Trinajstić information content (AvgIpc) is 2.46. The van der Waals surface area contributed by atoms with Crippen LogP contribution in [0.5, 0.6) is 0 Å². The third-order valence-electron chi connectivity index (χ3n) is 3.80. The summed E-state index contributed by atoms with van der Waals surface area (Å²) in [4.78, 5) is 1.11. The van der Waals surface area contributed by atoms with Crippen molar-refractivity contribution >= 4 is 15.9 Å². The van der Waals surface area contributed by atoms with Gasteiger partial charge in [-0.25, -0.2) is 13.2 Å². The Morgan fingerprint density at radius 2 is 1.90 bits per heavy atom. The second-order valence-electron chi connectivity index (χ2n) is 4.95. The van der Waals surface area contributed by atoms with E-state index in [1.807, 2.05) is 24.3 Å². The van der Waals surface area contributed by atoms with Crippen LogP contribution in [0.4, 0.5) is 13.2 Å². The van der Waals surface area contributed by atoms with Crippen molar-refractivity contribution in [1.29, 1.82) is 5.26 Å². The number of hydrogen-bond donors (Lipinski definition) is 0. The van der Waals surface area contributed by atoms with Crippen LogP contribution in [-0.4, -0.2) is 30.7 Å². The first kappa shape index (κ1) is 15.3. The van der Waals surface area contributed by atoms with Crippen LogP contribution in [0.15, 0.2) is 28.7 Å². The molecule has 1 fully saturated rings. The van der Waals surface area contributed by atoms with E-state index >= 15 is 0 Å². The van der Waals surface area contributed by atoms with Gasteiger partial charge in [-0.1, -0.05) is 28.1 Å². The normalized spacial score (nSPS) is 20.6. The van der Waals surface area contributed by atoms with Crippen molar-refractivity contribution in [3.63, 3.8) is 0 Å². The number of hydrogen-bond acceptors (Lipinski definition) is 2. The van der Waals surface area contributed by atoms with Gasteiger partial charge < -0.3 is 0 Å². The zero-order valence-electron chi connectivity index (χ0n) is 10.7. The molecule has 1 aromatic carbocycles. The fraction of sp³-hybridized carbons (Fsp3) is 0.500. The first-order valence-corrected chi connectivity index (χ1v) is 7.11. The van der Waals surface area contributed by atoms with Crippen LogP contribution >= 0.6 is 15.9 Å². The lowest BCUT2D eigenvalue weighted by Crippen LogP contribution is -2.47. The smallest absolute Gasteiger partial charge is 0.269 e. The summed E-state index contributed by atoms with van der Waals surface area (Å²) in [6.45, 7) is 0.317. The van der Waals surface area contributed by atoms with E-state index in [4.69, 9.17) is 0 Å². The fourth-order valence-electron chi connectivity index (χ4n) is 2.56. The molecule has 0 saturated carbocycles. The van der Waals surface area contributed by atoms with Crippen molar-refractivity contribution in [2.45, 2.75) is 31.0 Å². The van der Waals surface area contributed by atoms with Gasteiger partial charge in [-0.3, -0.25) is 4.90 Å². The largest absolute Gasteiger partial charge is 0.282 e. The number of alkyl halides is 3. The van der Waals surface area contributed by atoms with Gasteiger partial charge in [0.05, 0.1) is 11.5 Å². The summed E-state index contributed by atoms with van der Waals surface area (Å²) in [5.41, 5.74) is 0.128. The summed E-state index contributed by atoms with van der Waals surface area (Å²) in [5.74, 6) is 0. The molecule has 108 valence electrons. The van der Waals surface area contributed by atoms with Crippen molar-refractivity contribution in [3.8, 4) is 6.07 Å². The van der Waals surface area contributed by atoms with E-state index in [0.717, 1.165) is 14.9 Å². The van der Waals surface area contributed by atoms with Crippen LogP contribution in [0.3, 0.4) is 0 Å². The van der Waals surface area contributed by atoms with Gasteiger partial charge in [0.1, 0.15) is 0 Å². The van der Waals surface area contributed by atoms with E-state index < -0.39 is 18.1 Å². The maximum absolute atomic E-state index is 13.3. The van der Waals surface area contributed by atoms with E-state index in [1.54, 1.807) is 0 Å². The Bertz CT molecular complexity index is 507. The Morgan fingerprint density at radius 1 is 1.25 bits per heavy atom. The molecule has 1 unspecified atom stereocenters. The van der Waals surface area contributed by atoms with E-state index in [0.29, 0.717) is 12.8 Å². The number of likely N-dealkylation sites (tertiary alicyclic amines) is 1. The standard InChI is InChI=1S/C14H14BrF3N2/c15-11-3-1-2-10(8-11)14(9-19)4-6-20(7-5-14)13(18)12(16)17/h1-3,8,12-13H,4-7H2. The molecular formula is C14H14BrF3N2. The number of nitriles is 1. The van der Waals surface area contributed by atoms with Crippen molar-refractivity contribution in [2.24, 2.45) is 0 Å². The molecule has 0 bridgehead atoms. The van der Waals surface area contributed by atoms with E-state index in [2.05, 4.69) is 22.0 Å². The second-order valence-corrected chi connectivity index (χ2v) is 5.86. The highest BCUT2D eigenvalue weighted by Crippen LogP contribution is 2.37. The maximum atomic E-state index is 13.3. The van der Waals surface area contributed by atoms with Crippen LogP contribution in [0.1, 0.15) is 18.4 Å². The number of benzene rings is 1. The van der Waals surface area contributed by atoms with Gasteiger partial charge >= 0.3 is 0 Å². The highest BCUT2D eigenvalue weighted by Gasteiger charge is 2.40. The van der Waals surface area contributed by atoms with Gasteiger partial charge in [-0.15, -0.1) is 0 Å². The molecule has 1 saturated heterocycles. The number of piperidine rings is 1. The summed E-state index contributed by atoms with van der Waals surface area (Å²) in [7, 11) is 0. The third kappa shape index (κ3) is 2.99. The maximum Gasteiger partial charge on any atom is 0.282 e. The summed E-state index contributed by atoms with van der Waals surface area (Å²) in [6.07, 6.45) is -4.54. The minimum absolute atomic E-state index is 0.158. The van der Waals surface area contributed by atoms with Crippen LogP contribution in [0, 0.1) is 11.3 Å². The SMILES string of the molecule is N#CC1(c2cccc(Br)c2)CCN(C(F)C(F)F)CC1. The zero-order valence-corrected chi connectivity index (χ0v) is 12.3. The van der Waals surface area contributed by atoms with Gasteiger partial charge in [0, 0.05) is 17.6 Å². The molecule has 1 atom stereocenters. The molecule has 0 aliphatic carbocycles. The molecule has 2 nitrogen and oxygen atoms in total. The Kier molecular flexibility index (Phi) is 4.71. The first-order valence-electron chi connectivity index (χ1n) is 6.32. The third-order valence-corrected chi connectivity index (χ3v) is 4.29. The summed E-state index contributed by atoms with van der Waals surface area (Å²) in [6, 6.07) is 9.70. The van der Waals surface area contributed by atoms with Crippen molar-refractivity contribution in [2.75, 3.05) is 13.1 Å². The Balaban J connectivity index is 2.15. The summed E-state index contributed by atoms with van der Waals surface area (Å²) >= 11 is 3.36. The minimum atomic E-state index is -3.00. The summed E-state index contributed by atoms with van der Waals surface area (Å²) in [5, 5.41) is 9.49. The van der Waals surface area contributed by atoms with Gasteiger partial charge in [0.15, 0.2) is 0 Å². The Hall–Kier alpha value is -1.06. The number of rotatable bonds is 3. The van der Waals surface area contributed by atoms with Crippen LogP contribution in [-0.2, 0) is 5.41 Å². The zero-order chi connectivity index (χ0) is 14.8. The highest BCUT2D eigenvalue weighted by atomic mass is 79.9. The van der Waals surface area contributed by atoms with E-state index in [-0.39, 0.29) is 13.1 Å². The van der Waals surface area contributed by atoms with Crippen LogP contribution in [0.25, 0.3) is 0 Å². The molecule has 2 rings (SSSR count). The minimum Gasteiger partial charge on any atom is -0.269 e.